The molecule has 0 bridgehead atoms. The standard InChI is InChI=1S/C21H24FN5O/c1-13-17(22)7-15(27-6-5-23-19(11-27)14-3-4-14)8-20(13)28-16-9-18-21(24-10-16)26(2)12-25-18/h7-10,12,14,19,23H,3-6,11H2,1-2H3/t19-/m1/s1. The van der Waals surface area contributed by atoms with Crippen molar-refractivity contribution in [3.8, 4) is 11.5 Å². The number of aryl methyl sites for hydroxylation is 1. The Labute approximate surface area is 163 Å². The summed E-state index contributed by atoms with van der Waals surface area (Å²) in [6.07, 6.45) is 5.96. The Morgan fingerprint density at radius 3 is 2.89 bits per heavy atom. The van der Waals surface area contributed by atoms with E-state index in [1.165, 1.54) is 12.8 Å². The molecule has 1 aliphatic carbocycles. The van der Waals surface area contributed by atoms with Crippen LogP contribution in [0.25, 0.3) is 11.2 Å². The maximum absolute atomic E-state index is 14.7. The summed E-state index contributed by atoms with van der Waals surface area (Å²) < 4.78 is 22.6. The Balaban J connectivity index is 1.43. The van der Waals surface area contributed by atoms with Gasteiger partial charge in [-0.25, -0.2) is 14.4 Å². The van der Waals surface area contributed by atoms with E-state index in [0.717, 1.165) is 42.4 Å². The number of hydrogen-bond acceptors (Lipinski definition) is 5. The van der Waals surface area contributed by atoms with Gasteiger partial charge in [-0.3, -0.25) is 0 Å². The fourth-order valence-corrected chi connectivity index (χ4v) is 3.94. The van der Waals surface area contributed by atoms with Gasteiger partial charge in [-0.2, -0.15) is 0 Å². The average molecular weight is 381 g/mol. The van der Waals surface area contributed by atoms with Gasteiger partial charge in [0.2, 0.25) is 0 Å². The maximum atomic E-state index is 14.7. The highest BCUT2D eigenvalue weighted by Crippen LogP contribution is 2.36. The molecule has 0 radical (unpaired) electrons. The van der Waals surface area contributed by atoms with Crippen molar-refractivity contribution < 1.29 is 9.13 Å². The van der Waals surface area contributed by atoms with Gasteiger partial charge in [-0.15, -0.1) is 0 Å². The summed E-state index contributed by atoms with van der Waals surface area (Å²) in [4.78, 5) is 11.0. The quantitative estimate of drug-likeness (QED) is 0.751. The number of rotatable bonds is 4. The van der Waals surface area contributed by atoms with Crippen molar-refractivity contribution >= 4 is 16.9 Å². The number of aromatic nitrogens is 3. The Kier molecular flexibility index (Phi) is 4.19. The molecule has 146 valence electrons. The van der Waals surface area contributed by atoms with Gasteiger partial charge in [0.05, 0.1) is 12.5 Å². The van der Waals surface area contributed by atoms with Crippen molar-refractivity contribution in [2.24, 2.45) is 13.0 Å². The van der Waals surface area contributed by atoms with Crippen LogP contribution in [0.4, 0.5) is 10.1 Å². The van der Waals surface area contributed by atoms with Crippen LogP contribution >= 0.6 is 0 Å². The topological polar surface area (TPSA) is 55.2 Å². The van der Waals surface area contributed by atoms with Crippen molar-refractivity contribution in [3.63, 3.8) is 0 Å². The number of imidazole rings is 1. The van der Waals surface area contributed by atoms with Crippen LogP contribution in [0.3, 0.4) is 0 Å². The molecule has 7 heteroatoms. The molecule has 3 heterocycles. The molecule has 1 N–H and O–H groups in total. The van der Waals surface area contributed by atoms with Crippen LogP contribution in [-0.2, 0) is 7.05 Å². The second-order valence-electron chi connectivity index (χ2n) is 7.87. The first-order chi connectivity index (χ1) is 13.6. The molecule has 0 unspecified atom stereocenters. The number of nitrogens with one attached hydrogen (secondary N) is 1. The molecule has 6 nitrogen and oxygen atoms in total. The SMILES string of the molecule is Cc1c(F)cc(N2CCN[C@@H](C3CC3)C2)cc1Oc1cnc2c(c1)ncn2C. The van der Waals surface area contributed by atoms with Crippen LogP contribution in [0.15, 0.2) is 30.7 Å². The van der Waals surface area contributed by atoms with Gasteiger partial charge in [-0.05, 0) is 31.7 Å². The van der Waals surface area contributed by atoms with E-state index in [1.54, 1.807) is 25.5 Å². The first kappa shape index (κ1) is 17.4. The predicted molar refractivity (Wildman–Crippen MR) is 106 cm³/mol. The third kappa shape index (κ3) is 3.20. The number of piperazine rings is 1. The monoisotopic (exact) mass is 381 g/mol. The lowest BCUT2D eigenvalue weighted by Gasteiger charge is -2.35. The number of nitrogens with zero attached hydrogens (tertiary/aromatic N) is 4. The van der Waals surface area contributed by atoms with Gasteiger partial charge in [-0.1, -0.05) is 0 Å². The van der Waals surface area contributed by atoms with Gasteiger partial charge in [0.1, 0.15) is 22.8 Å². The van der Waals surface area contributed by atoms with Crippen molar-refractivity contribution in [1.82, 2.24) is 19.9 Å². The highest BCUT2D eigenvalue weighted by Gasteiger charge is 2.34. The zero-order valence-corrected chi connectivity index (χ0v) is 16.2. The molecule has 0 amide bonds. The molecule has 1 aliphatic heterocycles. The van der Waals surface area contributed by atoms with E-state index in [9.17, 15) is 4.39 Å². The van der Waals surface area contributed by atoms with Gasteiger partial charge in [0.25, 0.3) is 0 Å². The fraction of sp³-hybridized carbons (Fsp3) is 0.429. The summed E-state index contributed by atoms with van der Waals surface area (Å²) in [5, 5.41) is 3.60. The molecule has 1 saturated heterocycles. The minimum atomic E-state index is -0.249. The fourth-order valence-electron chi connectivity index (χ4n) is 3.94. The average Bonchev–Trinajstić information content (AvgIpc) is 3.49. The van der Waals surface area contributed by atoms with E-state index >= 15 is 0 Å². The predicted octanol–water partition coefficient (Wildman–Crippen LogP) is 3.40. The van der Waals surface area contributed by atoms with Crippen LogP contribution in [0.1, 0.15) is 18.4 Å². The molecular formula is C21H24FN5O. The van der Waals surface area contributed by atoms with E-state index in [0.29, 0.717) is 23.1 Å². The maximum Gasteiger partial charge on any atom is 0.159 e. The molecule has 3 aromatic rings. The van der Waals surface area contributed by atoms with E-state index in [1.807, 2.05) is 23.7 Å². The Morgan fingerprint density at radius 2 is 2.07 bits per heavy atom. The molecule has 0 spiro atoms. The number of pyridine rings is 1. The number of fused-ring (bicyclic) bond motifs is 1. The molecule has 2 aromatic heterocycles. The van der Waals surface area contributed by atoms with Crippen LogP contribution in [0.2, 0.25) is 0 Å². The van der Waals surface area contributed by atoms with Crippen molar-refractivity contribution in [2.75, 3.05) is 24.5 Å². The van der Waals surface area contributed by atoms with E-state index in [-0.39, 0.29) is 5.82 Å². The Bertz CT molecular complexity index is 1030. The number of halogens is 1. The van der Waals surface area contributed by atoms with Gasteiger partial charge < -0.3 is 19.5 Å². The third-order valence-corrected chi connectivity index (χ3v) is 5.80. The molecule has 2 fully saturated rings. The van der Waals surface area contributed by atoms with E-state index in [2.05, 4.69) is 20.2 Å². The minimum absolute atomic E-state index is 0.249. The summed E-state index contributed by atoms with van der Waals surface area (Å²) >= 11 is 0. The van der Waals surface area contributed by atoms with Crippen LogP contribution in [-0.4, -0.2) is 40.2 Å². The van der Waals surface area contributed by atoms with Gasteiger partial charge in [0.15, 0.2) is 5.65 Å². The number of ether oxygens (including phenoxy) is 1. The summed E-state index contributed by atoms with van der Waals surface area (Å²) in [7, 11) is 1.90. The van der Waals surface area contributed by atoms with E-state index in [4.69, 9.17) is 4.74 Å². The number of anilines is 1. The van der Waals surface area contributed by atoms with Crippen molar-refractivity contribution in [3.05, 3.63) is 42.1 Å². The minimum Gasteiger partial charge on any atom is -0.455 e. The number of benzene rings is 1. The van der Waals surface area contributed by atoms with Gasteiger partial charge >= 0.3 is 0 Å². The molecule has 1 aromatic carbocycles. The first-order valence-electron chi connectivity index (χ1n) is 9.82. The second-order valence-corrected chi connectivity index (χ2v) is 7.87. The molecule has 5 rings (SSSR count). The highest BCUT2D eigenvalue weighted by molar-refractivity contribution is 5.72. The van der Waals surface area contributed by atoms with Gasteiger partial charge in [0, 0.05) is 56.1 Å². The van der Waals surface area contributed by atoms with Crippen LogP contribution in [0, 0.1) is 18.7 Å². The lowest BCUT2D eigenvalue weighted by atomic mass is 10.1. The molecule has 28 heavy (non-hydrogen) atoms. The molecule has 1 saturated carbocycles. The summed E-state index contributed by atoms with van der Waals surface area (Å²) in [6, 6.07) is 5.90. The zero-order chi connectivity index (χ0) is 19.3. The summed E-state index contributed by atoms with van der Waals surface area (Å²) in [6.45, 7) is 4.44. The lowest BCUT2D eigenvalue weighted by molar-refractivity contribution is 0.417. The van der Waals surface area contributed by atoms with E-state index < -0.39 is 0 Å². The third-order valence-electron chi connectivity index (χ3n) is 5.80. The second kappa shape index (κ2) is 6.74. The Morgan fingerprint density at radius 1 is 1.21 bits per heavy atom. The zero-order valence-electron chi connectivity index (χ0n) is 16.2. The number of hydrogen-bond donors (Lipinski definition) is 1. The van der Waals surface area contributed by atoms with Crippen molar-refractivity contribution in [2.45, 2.75) is 25.8 Å². The smallest absolute Gasteiger partial charge is 0.159 e. The summed E-state index contributed by atoms with van der Waals surface area (Å²) in [5.74, 6) is 1.60. The molecule has 1 atom stereocenters. The largest absolute Gasteiger partial charge is 0.455 e. The first-order valence-corrected chi connectivity index (χ1v) is 9.82. The lowest BCUT2D eigenvalue weighted by Crippen LogP contribution is -2.51. The molecule has 2 aliphatic rings. The summed E-state index contributed by atoms with van der Waals surface area (Å²) in [5.41, 5.74) is 2.91. The normalized spacial score (nSPS) is 20.0. The van der Waals surface area contributed by atoms with Crippen molar-refractivity contribution in [1.29, 1.82) is 0 Å². The van der Waals surface area contributed by atoms with Crippen LogP contribution in [0.5, 0.6) is 11.5 Å². The van der Waals surface area contributed by atoms with Crippen LogP contribution < -0.4 is 15.0 Å². The molecular weight excluding hydrogens is 357 g/mol. The highest BCUT2D eigenvalue weighted by atomic mass is 19.1. The Hall–Kier alpha value is -2.67.